The molecule has 1 aromatic heterocycles. The maximum atomic E-state index is 14.6. The summed E-state index contributed by atoms with van der Waals surface area (Å²) in [4.78, 5) is 112. The first-order valence-corrected chi connectivity index (χ1v) is 31.4. The van der Waals surface area contributed by atoms with Crippen LogP contribution in [-0.2, 0) is 40.9 Å². The number of aromatic nitrogens is 1. The number of rotatable bonds is 23. The van der Waals surface area contributed by atoms with Crippen LogP contribution in [0.1, 0.15) is 133 Å². The van der Waals surface area contributed by atoms with Crippen LogP contribution in [-0.4, -0.2) is 119 Å². The second-order valence-corrected chi connectivity index (χ2v) is 27.2. The van der Waals surface area contributed by atoms with Gasteiger partial charge >= 0.3 is 48.8 Å². The highest BCUT2D eigenvalue weighted by atomic mass is 32.2. The molecule has 12 N–H and O–H groups in total. The number of anilines is 6. The molecular weight excluding hydrogens is 1280 g/mol. The molecule has 0 aliphatic carbocycles. The lowest BCUT2D eigenvalue weighted by atomic mass is 10.1. The Balaban J connectivity index is 1.59. The molecule has 0 aliphatic heterocycles. The van der Waals surface area contributed by atoms with Crippen LogP contribution in [0.3, 0.4) is 0 Å². The summed E-state index contributed by atoms with van der Waals surface area (Å²) in [5.74, 6) is -1.65. The molecule has 508 valence electrons. The van der Waals surface area contributed by atoms with Crippen molar-refractivity contribution in [1.82, 2.24) is 26.3 Å². The first kappa shape index (κ1) is 76.5. The van der Waals surface area contributed by atoms with Gasteiger partial charge < -0.3 is 61.9 Å². The van der Waals surface area contributed by atoms with Gasteiger partial charge in [-0.05, 0) is 158 Å². The van der Waals surface area contributed by atoms with Crippen LogP contribution in [0.15, 0.2) is 57.2 Å². The number of thiazole rings is 1. The molecule has 0 aliphatic rings. The Morgan fingerprint density at radius 3 is 1.34 bits per heavy atom. The molecule has 92 heavy (non-hydrogen) atoms. The first-order valence-electron chi connectivity index (χ1n) is 28.7. The summed E-state index contributed by atoms with van der Waals surface area (Å²) >= 11 is 2.67. The molecule has 34 heteroatoms. The molecule has 25 nitrogen and oxygen atoms in total. The minimum absolute atomic E-state index is 0.0184. The Bertz CT molecular complexity index is 3270. The number of alkyl halides is 6. The standard InChI is InChI=1S/C58H79F6N13O12S3/c1-53(2,3)86-49(82)67-23-25-90-43-36(70-41(78)17-13-15-21-65)27-32(57(59,60)61)29-38(43)72-46(80)69-34-19-20-35-40(31-34)92-48(74-35)77-47(81)73-39-30-33(58(62,63)64)28-37(44(39)91-26-24-68-50(83)87-54(4,5)6)71-42(79)18-14-16-22-66-45(75-51(84)88-55(7,8)9)76-52(85)89-56(10,11)12/h19-20,27-31H,13-18,21-26,65H2,1-12H3,(H,67,82)(H,68,83)(H,70,78)(H,71,79)(H2,69,72,80)(H2,73,74,77,81)(H2,66,75,76,84,85). The third-order valence-corrected chi connectivity index (χ3v) is 14.2. The number of ether oxygens (including phenoxy) is 4. The van der Waals surface area contributed by atoms with E-state index in [-0.39, 0.29) is 113 Å². The Morgan fingerprint density at radius 2 is 0.924 bits per heavy atom. The summed E-state index contributed by atoms with van der Waals surface area (Å²) in [6, 6.07) is 4.90. The van der Waals surface area contributed by atoms with Crippen LogP contribution in [0.2, 0.25) is 0 Å². The predicted molar refractivity (Wildman–Crippen MR) is 343 cm³/mol. The van der Waals surface area contributed by atoms with Gasteiger partial charge in [0.1, 0.15) is 22.4 Å². The number of hydrogen-bond donors (Lipinski definition) is 11. The van der Waals surface area contributed by atoms with Gasteiger partial charge in [0.05, 0.1) is 53.9 Å². The van der Waals surface area contributed by atoms with E-state index in [1.165, 1.54) is 18.2 Å². The second-order valence-electron chi connectivity index (χ2n) is 24.0. The summed E-state index contributed by atoms with van der Waals surface area (Å²) in [5.41, 5.74) is -1.42. The number of guanidine groups is 1. The SMILES string of the molecule is CC(C)(C)OC(=O)NCCSc1c(NC(=O)CCCCN)cc(C(F)(F)F)cc1NC(=O)Nc1ccc2nc(NC(=O)Nc3cc(C(F)(F)F)cc(NC(=O)CCCCN=C(NC(=O)OC(C)(C)C)NC(=O)OC(C)(C)C)c3SCCNC(=O)OC(C)(C)C)sc2c1. The summed E-state index contributed by atoms with van der Waals surface area (Å²) in [7, 11) is 0. The van der Waals surface area contributed by atoms with Gasteiger partial charge in [0, 0.05) is 49.7 Å². The van der Waals surface area contributed by atoms with Crippen LogP contribution < -0.4 is 58.9 Å². The number of unbranched alkanes of at least 4 members (excludes halogenated alkanes) is 2. The molecule has 3 aromatic carbocycles. The largest absolute Gasteiger partial charge is 0.444 e. The normalized spacial score (nSPS) is 11.9. The number of carbonyl (C=O) groups is 8. The fourth-order valence-corrected chi connectivity index (χ4v) is 10.2. The average molecular weight is 1360 g/mol. The molecule has 10 amide bonds. The van der Waals surface area contributed by atoms with Crippen LogP contribution in [0.5, 0.6) is 0 Å². The minimum Gasteiger partial charge on any atom is -0.444 e. The van der Waals surface area contributed by atoms with Crippen molar-refractivity contribution >= 4 is 133 Å². The fraction of sp³-hybridized carbons (Fsp3) is 0.517. The zero-order chi connectivity index (χ0) is 69.0. The van der Waals surface area contributed by atoms with Crippen LogP contribution in [0.25, 0.3) is 10.2 Å². The van der Waals surface area contributed by atoms with E-state index in [2.05, 4.69) is 63.1 Å². The fourth-order valence-electron chi connectivity index (χ4n) is 7.45. The Hall–Kier alpha value is -7.98. The highest BCUT2D eigenvalue weighted by molar-refractivity contribution is 7.99. The van der Waals surface area contributed by atoms with Crippen molar-refractivity contribution in [3.63, 3.8) is 0 Å². The molecule has 0 spiro atoms. The number of urea groups is 2. The minimum atomic E-state index is -5.01. The molecule has 4 rings (SSSR count). The van der Waals surface area contributed by atoms with Gasteiger partial charge in [0.25, 0.3) is 0 Å². The lowest BCUT2D eigenvalue weighted by Crippen LogP contribution is -2.47. The average Bonchev–Trinajstić information content (AvgIpc) is 0.878. The highest BCUT2D eigenvalue weighted by Gasteiger charge is 2.35. The third-order valence-electron chi connectivity index (χ3n) is 11.0. The molecule has 1 heterocycles. The van der Waals surface area contributed by atoms with Crippen molar-refractivity contribution in [3.8, 4) is 0 Å². The van der Waals surface area contributed by atoms with E-state index in [4.69, 9.17) is 24.7 Å². The monoisotopic (exact) mass is 1360 g/mol. The summed E-state index contributed by atoms with van der Waals surface area (Å²) in [6.45, 7) is 19.7. The van der Waals surface area contributed by atoms with Gasteiger partial charge in [-0.15, -0.1) is 23.5 Å². The highest BCUT2D eigenvalue weighted by Crippen LogP contribution is 2.43. The number of nitrogens with zero attached hydrogens (tertiary/aromatic N) is 2. The molecule has 0 saturated carbocycles. The van der Waals surface area contributed by atoms with Crippen molar-refractivity contribution in [2.75, 3.05) is 69.6 Å². The van der Waals surface area contributed by atoms with Crippen LogP contribution in [0.4, 0.5) is 88.7 Å². The molecule has 0 fully saturated rings. The Labute approximate surface area is 540 Å². The lowest BCUT2D eigenvalue weighted by Gasteiger charge is -2.22. The zero-order valence-corrected chi connectivity index (χ0v) is 55.3. The number of nitrogens with two attached hydrogens (primary N) is 1. The van der Waals surface area contributed by atoms with Gasteiger partial charge in [-0.1, -0.05) is 11.3 Å². The maximum absolute atomic E-state index is 14.6. The lowest BCUT2D eigenvalue weighted by molar-refractivity contribution is -0.138. The molecule has 0 bridgehead atoms. The number of aliphatic imine (C=N–C) groups is 1. The van der Waals surface area contributed by atoms with Crippen LogP contribution >= 0.6 is 34.9 Å². The number of benzene rings is 3. The van der Waals surface area contributed by atoms with E-state index in [0.29, 0.717) is 35.7 Å². The summed E-state index contributed by atoms with van der Waals surface area (Å²) < 4.78 is 108. The van der Waals surface area contributed by atoms with Crippen LogP contribution in [0, 0.1) is 0 Å². The van der Waals surface area contributed by atoms with E-state index >= 15 is 0 Å². The van der Waals surface area contributed by atoms with Gasteiger partial charge in [0.15, 0.2) is 5.13 Å². The number of nitrogens with one attached hydrogen (secondary N) is 10. The van der Waals surface area contributed by atoms with E-state index in [0.717, 1.165) is 40.9 Å². The van der Waals surface area contributed by atoms with Crippen molar-refractivity contribution in [2.24, 2.45) is 10.7 Å². The third kappa shape index (κ3) is 29.1. The Kier molecular flexibility index (Phi) is 27.9. The smallest absolute Gasteiger partial charge is 0.416 e. The van der Waals surface area contributed by atoms with Gasteiger partial charge in [0.2, 0.25) is 17.8 Å². The molecule has 4 aromatic rings. The van der Waals surface area contributed by atoms with Gasteiger partial charge in [-0.25, -0.2) is 33.8 Å². The molecule has 0 atom stereocenters. The van der Waals surface area contributed by atoms with Crippen molar-refractivity contribution in [2.45, 2.75) is 166 Å². The molecular formula is C58H79F6N13O12S3. The quantitative estimate of drug-likeness (QED) is 0.00821. The second kappa shape index (κ2) is 33.6. The van der Waals surface area contributed by atoms with Crippen molar-refractivity contribution in [1.29, 1.82) is 0 Å². The first-order chi connectivity index (χ1) is 42.5. The van der Waals surface area contributed by atoms with E-state index in [9.17, 15) is 64.7 Å². The van der Waals surface area contributed by atoms with E-state index in [1.807, 2.05) is 0 Å². The molecule has 0 radical (unpaired) electrons. The molecule has 0 saturated heterocycles. The van der Waals surface area contributed by atoms with Crippen molar-refractivity contribution < 1.29 is 83.6 Å². The number of alkyl carbamates (subject to hydrolysis) is 4. The van der Waals surface area contributed by atoms with E-state index in [1.54, 1.807) is 83.1 Å². The zero-order valence-electron chi connectivity index (χ0n) is 52.9. The number of hydrogen-bond acceptors (Lipinski definition) is 18. The topological polar surface area (TPSA) is 345 Å². The Morgan fingerprint density at radius 1 is 0.522 bits per heavy atom. The number of halogens is 6. The summed E-state index contributed by atoms with van der Waals surface area (Å²) in [5, 5.41) is 24.6. The molecule has 0 unspecified atom stereocenters. The number of carbonyl (C=O) groups excluding carboxylic acids is 8. The number of fused-ring (bicyclic) bond motifs is 1. The van der Waals surface area contributed by atoms with E-state index < -0.39 is 99.8 Å². The van der Waals surface area contributed by atoms with Gasteiger partial charge in [-0.2, -0.15) is 26.3 Å². The number of amides is 10. The maximum Gasteiger partial charge on any atom is 0.416 e. The predicted octanol–water partition coefficient (Wildman–Crippen LogP) is 13.4. The summed E-state index contributed by atoms with van der Waals surface area (Å²) in [6.07, 6.45) is -12.6. The van der Waals surface area contributed by atoms with Crippen molar-refractivity contribution in [3.05, 3.63) is 53.6 Å². The van der Waals surface area contributed by atoms with Gasteiger partial charge in [-0.3, -0.25) is 30.5 Å². The number of thioether (sulfide) groups is 2.